The highest BCUT2D eigenvalue weighted by atomic mass is 35.5. The lowest BCUT2D eigenvalue weighted by atomic mass is 10.4. The largest absolute Gasteiger partial charge is 0.331 e. The first-order valence-electron chi connectivity index (χ1n) is 4.76. The van der Waals surface area contributed by atoms with Gasteiger partial charge in [0.2, 0.25) is 0 Å². The maximum Gasteiger partial charge on any atom is 0.331 e. The standard InChI is InChI=1S/C10H13ClN2O2/c1-2-6-12-8-4-9(14)13(10(12)15)7-3-5-11/h3-5,8H,2,6-7H2,1H3. The molecule has 0 amide bonds. The van der Waals surface area contributed by atoms with Crippen LogP contribution in [0.4, 0.5) is 0 Å². The van der Waals surface area contributed by atoms with Crippen LogP contribution in [-0.2, 0) is 13.1 Å². The first-order chi connectivity index (χ1) is 7.20. The number of halogens is 1. The summed E-state index contributed by atoms with van der Waals surface area (Å²) in [5, 5.41) is 0. The molecule has 5 heteroatoms. The quantitative estimate of drug-likeness (QED) is 0.777. The molecule has 0 N–H and O–H groups in total. The van der Waals surface area contributed by atoms with Gasteiger partial charge in [-0.15, -0.1) is 0 Å². The van der Waals surface area contributed by atoms with E-state index >= 15 is 0 Å². The predicted molar refractivity (Wildman–Crippen MR) is 60.2 cm³/mol. The topological polar surface area (TPSA) is 44.0 Å². The van der Waals surface area contributed by atoms with Gasteiger partial charge >= 0.3 is 5.69 Å². The van der Waals surface area contributed by atoms with Crippen LogP contribution >= 0.6 is 11.6 Å². The van der Waals surface area contributed by atoms with Crippen molar-refractivity contribution >= 4 is 11.6 Å². The number of rotatable bonds is 4. The molecule has 4 nitrogen and oxygen atoms in total. The third-order valence-corrected chi connectivity index (χ3v) is 2.16. The molecule has 0 aliphatic carbocycles. The molecule has 1 heterocycles. The molecule has 0 aliphatic heterocycles. The molecule has 0 unspecified atom stereocenters. The molecule has 0 fully saturated rings. The third kappa shape index (κ3) is 2.83. The molecule has 0 spiro atoms. The zero-order chi connectivity index (χ0) is 11.3. The van der Waals surface area contributed by atoms with E-state index in [1.807, 2.05) is 6.92 Å². The minimum absolute atomic E-state index is 0.214. The summed E-state index contributed by atoms with van der Waals surface area (Å²) >= 11 is 5.35. The minimum atomic E-state index is -0.304. The number of hydrogen-bond acceptors (Lipinski definition) is 2. The van der Waals surface area contributed by atoms with Crippen LogP contribution < -0.4 is 11.2 Å². The SMILES string of the molecule is CCCn1ccc(=O)n(CC=CCl)c1=O. The molecule has 0 saturated heterocycles. The van der Waals surface area contributed by atoms with E-state index in [0.717, 1.165) is 11.0 Å². The van der Waals surface area contributed by atoms with Crippen LogP contribution in [0.3, 0.4) is 0 Å². The fourth-order valence-electron chi connectivity index (χ4n) is 1.28. The van der Waals surface area contributed by atoms with Crippen LogP contribution in [0, 0.1) is 0 Å². The summed E-state index contributed by atoms with van der Waals surface area (Å²) in [6.07, 6.45) is 3.93. The normalized spacial score (nSPS) is 11.1. The summed E-state index contributed by atoms with van der Waals surface area (Å²) < 4.78 is 2.66. The van der Waals surface area contributed by atoms with Crippen molar-refractivity contribution in [2.45, 2.75) is 26.4 Å². The monoisotopic (exact) mass is 228 g/mol. The highest BCUT2D eigenvalue weighted by Gasteiger charge is 2.02. The van der Waals surface area contributed by atoms with Crippen LogP contribution in [0.1, 0.15) is 13.3 Å². The van der Waals surface area contributed by atoms with Crippen molar-refractivity contribution in [3.8, 4) is 0 Å². The molecule has 82 valence electrons. The van der Waals surface area contributed by atoms with Gasteiger partial charge in [-0.25, -0.2) is 4.79 Å². The van der Waals surface area contributed by atoms with Crippen molar-refractivity contribution in [2.24, 2.45) is 0 Å². The lowest BCUT2D eigenvalue weighted by Gasteiger charge is -2.06. The maximum atomic E-state index is 11.7. The van der Waals surface area contributed by atoms with E-state index in [4.69, 9.17) is 11.6 Å². The van der Waals surface area contributed by atoms with E-state index in [9.17, 15) is 9.59 Å². The molecule has 0 saturated carbocycles. The third-order valence-electron chi connectivity index (χ3n) is 1.98. The van der Waals surface area contributed by atoms with Gasteiger partial charge in [0, 0.05) is 30.9 Å². The molecule has 1 aromatic heterocycles. The Labute approximate surface area is 92.4 Å². The molecule has 0 aromatic carbocycles. The Morgan fingerprint density at radius 3 is 2.80 bits per heavy atom. The van der Waals surface area contributed by atoms with Crippen molar-refractivity contribution in [3.05, 3.63) is 44.7 Å². The number of aromatic nitrogens is 2. The molecule has 0 atom stereocenters. The summed E-state index contributed by atoms with van der Waals surface area (Å²) in [5.41, 5.74) is 0.699. The second kappa shape index (κ2) is 5.56. The van der Waals surface area contributed by atoms with E-state index in [1.54, 1.807) is 6.08 Å². The van der Waals surface area contributed by atoms with Gasteiger partial charge in [0.15, 0.2) is 0 Å². The van der Waals surface area contributed by atoms with Gasteiger partial charge in [0.25, 0.3) is 5.56 Å². The van der Waals surface area contributed by atoms with E-state index in [-0.39, 0.29) is 17.8 Å². The zero-order valence-electron chi connectivity index (χ0n) is 8.52. The predicted octanol–water partition coefficient (Wildman–Crippen LogP) is 1.17. The van der Waals surface area contributed by atoms with Gasteiger partial charge in [0.1, 0.15) is 0 Å². The Hall–Kier alpha value is -1.29. The maximum absolute atomic E-state index is 11.7. The molecular weight excluding hydrogens is 216 g/mol. The van der Waals surface area contributed by atoms with Gasteiger partial charge in [0.05, 0.1) is 0 Å². The van der Waals surface area contributed by atoms with Crippen molar-refractivity contribution in [1.82, 2.24) is 9.13 Å². The van der Waals surface area contributed by atoms with Crippen molar-refractivity contribution in [3.63, 3.8) is 0 Å². The van der Waals surface area contributed by atoms with Crippen LogP contribution in [0.25, 0.3) is 0 Å². The molecule has 1 aromatic rings. The van der Waals surface area contributed by atoms with Crippen molar-refractivity contribution in [2.75, 3.05) is 0 Å². The average Bonchev–Trinajstić information content (AvgIpc) is 2.22. The average molecular weight is 229 g/mol. The first kappa shape index (κ1) is 11.8. The smallest absolute Gasteiger partial charge is 0.300 e. The highest BCUT2D eigenvalue weighted by Crippen LogP contribution is 1.85. The van der Waals surface area contributed by atoms with E-state index in [1.165, 1.54) is 22.4 Å². The Morgan fingerprint density at radius 2 is 2.20 bits per heavy atom. The van der Waals surface area contributed by atoms with Gasteiger partial charge in [-0.3, -0.25) is 9.36 Å². The Kier molecular flexibility index (Phi) is 4.37. The lowest BCUT2D eigenvalue weighted by molar-refractivity contribution is 0.575. The van der Waals surface area contributed by atoms with E-state index in [2.05, 4.69) is 0 Å². The molecule has 1 rings (SSSR count). The second-order valence-corrected chi connectivity index (χ2v) is 3.35. The summed E-state index contributed by atoms with van der Waals surface area (Å²) in [7, 11) is 0. The molecule has 0 radical (unpaired) electrons. The fraction of sp³-hybridized carbons (Fsp3) is 0.400. The van der Waals surface area contributed by atoms with Gasteiger partial charge in [-0.05, 0) is 6.42 Å². The van der Waals surface area contributed by atoms with Crippen molar-refractivity contribution in [1.29, 1.82) is 0 Å². The number of aryl methyl sites for hydroxylation is 1. The first-order valence-corrected chi connectivity index (χ1v) is 5.20. The van der Waals surface area contributed by atoms with Crippen LogP contribution in [0.15, 0.2) is 33.5 Å². The van der Waals surface area contributed by atoms with Crippen molar-refractivity contribution < 1.29 is 0 Å². The minimum Gasteiger partial charge on any atom is -0.300 e. The Bertz CT molecular complexity index is 459. The number of allylic oxidation sites excluding steroid dienone is 1. The molecule has 15 heavy (non-hydrogen) atoms. The summed E-state index contributed by atoms with van der Waals surface area (Å²) in [6, 6.07) is 1.39. The molecule has 0 aliphatic rings. The van der Waals surface area contributed by atoms with Crippen LogP contribution in [0.2, 0.25) is 0 Å². The van der Waals surface area contributed by atoms with Gasteiger partial charge in [-0.2, -0.15) is 0 Å². The summed E-state index contributed by atoms with van der Waals surface area (Å²) in [6.45, 7) is 2.80. The number of nitrogens with zero attached hydrogens (tertiary/aromatic N) is 2. The van der Waals surface area contributed by atoms with Gasteiger partial charge in [-0.1, -0.05) is 24.6 Å². The lowest BCUT2D eigenvalue weighted by Crippen LogP contribution is -2.38. The Balaban J connectivity index is 3.18. The fourth-order valence-corrected chi connectivity index (χ4v) is 1.36. The number of hydrogen-bond donors (Lipinski definition) is 0. The van der Waals surface area contributed by atoms with Gasteiger partial charge < -0.3 is 4.57 Å². The van der Waals surface area contributed by atoms with Crippen LogP contribution in [0.5, 0.6) is 0 Å². The second-order valence-electron chi connectivity index (χ2n) is 3.10. The van der Waals surface area contributed by atoms with E-state index in [0.29, 0.717) is 6.54 Å². The van der Waals surface area contributed by atoms with Crippen LogP contribution in [-0.4, -0.2) is 9.13 Å². The molecule has 0 bridgehead atoms. The summed E-state index contributed by atoms with van der Waals surface area (Å²) in [5.74, 6) is 0. The zero-order valence-corrected chi connectivity index (χ0v) is 9.28. The molecular formula is C10H13ClN2O2. The Morgan fingerprint density at radius 1 is 1.47 bits per heavy atom. The summed E-state index contributed by atoms with van der Waals surface area (Å²) in [4.78, 5) is 23.1. The highest BCUT2D eigenvalue weighted by molar-refractivity contribution is 6.25. The van der Waals surface area contributed by atoms with E-state index < -0.39 is 0 Å².